The highest BCUT2D eigenvalue weighted by atomic mass is 35.6. The van der Waals surface area contributed by atoms with Crippen LogP contribution in [0.5, 0.6) is 0 Å². The number of nitrogens with zero attached hydrogens (tertiary/aromatic N) is 2. The number of benzene rings is 1. The van der Waals surface area contributed by atoms with Crippen LogP contribution in [0.3, 0.4) is 0 Å². The molecular formula is C10H8Cl4N2O2S. The van der Waals surface area contributed by atoms with E-state index in [-0.39, 0.29) is 0 Å². The van der Waals surface area contributed by atoms with Gasteiger partial charge in [-0.1, -0.05) is 58.5 Å². The average Bonchev–Trinajstić information content (AvgIpc) is 2.32. The van der Waals surface area contributed by atoms with Crippen LogP contribution in [0.1, 0.15) is 5.56 Å². The second kappa shape index (κ2) is 7.45. The summed E-state index contributed by atoms with van der Waals surface area (Å²) in [5, 5.41) is 4.42. The molecule has 0 heterocycles. The standard InChI is InChI=1S/C10H8Cl4N2O2S/c1-18-9(17)16(19-10(12,13)14)15-6-7-3-2-4-8(11)5-7/h2-6H,1H3. The minimum Gasteiger partial charge on any atom is -0.451 e. The fourth-order valence-corrected chi connectivity index (χ4v) is 2.22. The molecule has 0 fully saturated rings. The highest BCUT2D eigenvalue weighted by molar-refractivity contribution is 8.03. The van der Waals surface area contributed by atoms with Gasteiger partial charge in [0.2, 0.25) is 0 Å². The molecule has 0 spiro atoms. The first-order valence-corrected chi connectivity index (χ1v) is 7.04. The summed E-state index contributed by atoms with van der Waals surface area (Å²) in [6.45, 7) is 0. The molecule has 0 N–H and O–H groups in total. The number of amides is 1. The Bertz CT molecular complexity index is 479. The van der Waals surface area contributed by atoms with Gasteiger partial charge in [-0.25, -0.2) is 4.79 Å². The third kappa shape index (κ3) is 6.58. The zero-order valence-corrected chi connectivity index (χ0v) is 13.4. The molecule has 0 saturated carbocycles. The summed E-state index contributed by atoms with van der Waals surface area (Å²) >= 11 is 23.2. The van der Waals surface area contributed by atoms with Crippen LogP contribution in [0.4, 0.5) is 4.79 Å². The van der Waals surface area contributed by atoms with Crippen LogP contribution in [0.15, 0.2) is 29.4 Å². The number of carbonyl (C=O) groups excluding carboxylic acids is 1. The molecule has 0 aromatic heterocycles. The van der Waals surface area contributed by atoms with E-state index in [1.807, 2.05) is 0 Å². The van der Waals surface area contributed by atoms with E-state index in [2.05, 4.69) is 9.84 Å². The van der Waals surface area contributed by atoms with E-state index in [9.17, 15) is 4.79 Å². The van der Waals surface area contributed by atoms with Gasteiger partial charge in [0, 0.05) is 17.0 Å². The quantitative estimate of drug-likeness (QED) is 0.338. The van der Waals surface area contributed by atoms with E-state index < -0.39 is 9.22 Å². The largest absolute Gasteiger partial charge is 0.451 e. The Morgan fingerprint density at radius 1 is 1.47 bits per heavy atom. The van der Waals surface area contributed by atoms with Crippen LogP contribution in [0.25, 0.3) is 0 Å². The normalized spacial score (nSPS) is 11.6. The Kier molecular flexibility index (Phi) is 6.56. The fraction of sp³-hybridized carbons (Fsp3) is 0.200. The Labute approximate surface area is 134 Å². The van der Waals surface area contributed by atoms with Crippen LogP contribution in [-0.2, 0) is 4.74 Å². The van der Waals surface area contributed by atoms with Gasteiger partial charge in [0.25, 0.3) is 3.12 Å². The van der Waals surface area contributed by atoms with Gasteiger partial charge in [-0.15, -0.1) is 4.41 Å². The summed E-state index contributed by atoms with van der Waals surface area (Å²) in [6, 6.07) is 6.88. The van der Waals surface area contributed by atoms with Crippen molar-refractivity contribution >= 4 is 70.7 Å². The lowest BCUT2D eigenvalue weighted by molar-refractivity contribution is 0.153. The molecule has 0 radical (unpaired) electrons. The van der Waals surface area contributed by atoms with E-state index in [4.69, 9.17) is 46.4 Å². The molecule has 19 heavy (non-hydrogen) atoms. The van der Waals surface area contributed by atoms with Gasteiger partial charge >= 0.3 is 6.09 Å². The van der Waals surface area contributed by atoms with Crippen molar-refractivity contribution in [1.29, 1.82) is 0 Å². The second-order valence-electron chi connectivity index (χ2n) is 3.08. The summed E-state index contributed by atoms with van der Waals surface area (Å²) in [4.78, 5) is 11.4. The van der Waals surface area contributed by atoms with E-state index in [1.54, 1.807) is 24.3 Å². The summed E-state index contributed by atoms with van der Waals surface area (Å²) in [7, 11) is 1.20. The summed E-state index contributed by atoms with van der Waals surface area (Å²) in [5.74, 6) is 0. The molecule has 0 atom stereocenters. The van der Waals surface area contributed by atoms with E-state index in [0.29, 0.717) is 22.5 Å². The predicted octanol–water partition coefficient (Wildman–Crippen LogP) is 4.72. The fourth-order valence-electron chi connectivity index (χ4n) is 0.990. The topological polar surface area (TPSA) is 41.9 Å². The number of hydrogen-bond acceptors (Lipinski definition) is 4. The van der Waals surface area contributed by atoms with Crippen LogP contribution in [0.2, 0.25) is 5.02 Å². The molecule has 9 heteroatoms. The SMILES string of the molecule is COC(=O)N(N=Cc1cccc(Cl)c1)SC(Cl)(Cl)Cl. The van der Waals surface area contributed by atoms with E-state index >= 15 is 0 Å². The van der Waals surface area contributed by atoms with Gasteiger partial charge < -0.3 is 4.74 Å². The number of ether oxygens (including phenoxy) is 1. The van der Waals surface area contributed by atoms with Gasteiger partial charge in [-0.3, -0.25) is 0 Å². The first kappa shape index (κ1) is 16.7. The first-order chi connectivity index (χ1) is 8.81. The number of alkyl halides is 3. The number of hydrogen-bond donors (Lipinski definition) is 0. The van der Waals surface area contributed by atoms with E-state index in [1.165, 1.54) is 13.3 Å². The smallest absolute Gasteiger partial charge is 0.440 e. The summed E-state index contributed by atoms with van der Waals surface area (Å²) in [6.07, 6.45) is 0.626. The number of methoxy groups -OCH3 is 1. The lowest BCUT2D eigenvalue weighted by Gasteiger charge is -2.18. The number of hydrazone groups is 1. The van der Waals surface area contributed by atoms with Crippen molar-refractivity contribution in [2.75, 3.05) is 7.11 Å². The molecule has 0 bridgehead atoms. The minimum absolute atomic E-state index is 0.544. The maximum atomic E-state index is 11.4. The second-order valence-corrected chi connectivity index (χ2v) is 7.61. The predicted molar refractivity (Wildman–Crippen MR) is 81.2 cm³/mol. The monoisotopic (exact) mass is 360 g/mol. The average molecular weight is 362 g/mol. The lowest BCUT2D eigenvalue weighted by Crippen LogP contribution is -2.22. The van der Waals surface area contributed by atoms with E-state index in [0.717, 1.165) is 4.41 Å². The van der Waals surface area contributed by atoms with Crippen LogP contribution >= 0.6 is 58.4 Å². The lowest BCUT2D eigenvalue weighted by atomic mass is 10.2. The molecule has 0 saturated heterocycles. The van der Waals surface area contributed by atoms with Crippen molar-refractivity contribution < 1.29 is 9.53 Å². The Hall–Kier alpha value is -0.330. The van der Waals surface area contributed by atoms with Gasteiger partial charge in [0.05, 0.1) is 13.3 Å². The maximum absolute atomic E-state index is 11.4. The third-order valence-corrected chi connectivity index (χ3v) is 3.16. The highest BCUT2D eigenvalue weighted by Crippen LogP contribution is 2.41. The van der Waals surface area contributed by atoms with Gasteiger partial charge in [0.15, 0.2) is 0 Å². The molecule has 104 valence electrons. The van der Waals surface area contributed by atoms with Crippen molar-refractivity contribution in [2.45, 2.75) is 3.12 Å². The molecular weight excluding hydrogens is 354 g/mol. The van der Waals surface area contributed by atoms with Crippen LogP contribution < -0.4 is 0 Å². The highest BCUT2D eigenvalue weighted by Gasteiger charge is 2.29. The zero-order chi connectivity index (χ0) is 14.5. The zero-order valence-electron chi connectivity index (χ0n) is 9.52. The molecule has 0 aliphatic carbocycles. The van der Waals surface area contributed by atoms with Crippen molar-refractivity contribution in [3.05, 3.63) is 34.9 Å². The molecule has 1 amide bonds. The first-order valence-electron chi connectivity index (χ1n) is 4.75. The van der Waals surface area contributed by atoms with Crippen molar-refractivity contribution in [3.63, 3.8) is 0 Å². The number of carbonyl (C=O) groups is 1. The van der Waals surface area contributed by atoms with Crippen molar-refractivity contribution in [1.82, 2.24) is 4.41 Å². The minimum atomic E-state index is -1.74. The van der Waals surface area contributed by atoms with Gasteiger partial charge in [-0.2, -0.15) is 5.10 Å². The van der Waals surface area contributed by atoms with Crippen molar-refractivity contribution in [3.8, 4) is 0 Å². The summed E-state index contributed by atoms with van der Waals surface area (Å²) < 4.78 is 3.61. The third-order valence-electron chi connectivity index (χ3n) is 1.68. The molecule has 0 unspecified atom stereocenters. The summed E-state index contributed by atoms with van der Waals surface area (Å²) in [5.41, 5.74) is 0.686. The Morgan fingerprint density at radius 3 is 2.68 bits per heavy atom. The Balaban J connectivity index is 2.85. The molecule has 4 nitrogen and oxygen atoms in total. The van der Waals surface area contributed by atoms with Gasteiger partial charge in [0.1, 0.15) is 0 Å². The molecule has 1 aromatic rings. The number of halogens is 4. The number of rotatable bonds is 3. The van der Waals surface area contributed by atoms with Crippen molar-refractivity contribution in [2.24, 2.45) is 5.10 Å². The van der Waals surface area contributed by atoms with Crippen LogP contribution in [-0.4, -0.2) is 27.0 Å². The Morgan fingerprint density at radius 2 is 2.16 bits per heavy atom. The maximum Gasteiger partial charge on any atom is 0.440 e. The molecule has 0 aliphatic heterocycles. The van der Waals surface area contributed by atoms with Crippen LogP contribution in [0, 0.1) is 0 Å². The molecule has 0 aliphatic rings. The molecule has 1 aromatic carbocycles. The molecule has 1 rings (SSSR count). The van der Waals surface area contributed by atoms with Gasteiger partial charge in [-0.05, 0) is 17.7 Å².